The molecule has 1 fully saturated rings. The minimum atomic E-state index is 0.0778. The van der Waals surface area contributed by atoms with Crippen LogP contribution in [0, 0.1) is 5.92 Å². The van der Waals surface area contributed by atoms with Gasteiger partial charge in [-0.1, -0.05) is 30.3 Å². The highest BCUT2D eigenvalue weighted by atomic mass is 16.5. The van der Waals surface area contributed by atoms with Gasteiger partial charge in [-0.3, -0.25) is 4.79 Å². The number of hydrogen-bond donors (Lipinski definition) is 2. The molecule has 0 saturated carbocycles. The molecule has 1 aliphatic rings. The molecule has 0 spiro atoms. The number of rotatable bonds is 5. The molecule has 1 amide bonds. The van der Waals surface area contributed by atoms with Crippen LogP contribution in [0.25, 0.3) is 0 Å². The van der Waals surface area contributed by atoms with Crippen LogP contribution in [0.15, 0.2) is 54.6 Å². The molecule has 2 aromatic rings. The molecule has 1 aliphatic heterocycles. The van der Waals surface area contributed by atoms with Crippen LogP contribution in [0.1, 0.15) is 12.0 Å². The third kappa shape index (κ3) is 3.86. The predicted molar refractivity (Wildman–Crippen MR) is 86.8 cm³/mol. The van der Waals surface area contributed by atoms with Gasteiger partial charge in [0.1, 0.15) is 12.4 Å². The Morgan fingerprint density at radius 2 is 1.91 bits per heavy atom. The van der Waals surface area contributed by atoms with Crippen molar-refractivity contribution in [3.8, 4) is 5.75 Å². The molecule has 4 heteroatoms. The van der Waals surface area contributed by atoms with E-state index >= 15 is 0 Å². The summed E-state index contributed by atoms with van der Waals surface area (Å²) in [6.07, 6.45) is 0.907. The number of amides is 1. The zero-order chi connectivity index (χ0) is 15.2. The third-order valence-electron chi connectivity index (χ3n) is 3.80. The third-order valence-corrected chi connectivity index (χ3v) is 3.80. The van der Waals surface area contributed by atoms with Gasteiger partial charge in [-0.15, -0.1) is 0 Å². The number of ether oxygens (including phenoxy) is 1. The van der Waals surface area contributed by atoms with Crippen molar-refractivity contribution in [2.45, 2.75) is 13.0 Å². The molecule has 114 valence electrons. The Kier molecular flexibility index (Phi) is 4.71. The normalized spacial score (nSPS) is 17.2. The van der Waals surface area contributed by atoms with E-state index in [0.29, 0.717) is 6.61 Å². The van der Waals surface area contributed by atoms with Crippen LogP contribution in [0.3, 0.4) is 0 Å². The zero-order valence-corrected chi connectivity index (χ0v) is 12.4. The van der Waals surface area contributed by atoms with Crippen LogP contribution in [0.2, 0.25) is 0 Å². The van der Waals surface area contributed by atoms with Gasteiger partial charge < -0.3 is 15.4 Å². The van der Waals surface area contributed by atoms with E-state index in [0.717, 1.165) is 36.5 Å². The molecule has 1 heterocycles. The van der Waals surface area contributed by atoms with Crippen molar-refractivity contribution in [2.75, 3.05) is 18.4 Å². The van der Waals surface area contributed by atoms with Crippen LogP contribution in [-0.2, 0) is 11.4 Å². The highest BCUT2D eigenvalue weighted by molar-refractivity contribution is 5.92. The number of hydrogen-bond acceptors (Lipinski definition) is 3. The molecule has 2 N–H and O–H groups in total. The molecule has 0 radical (unpaired) electrons. The van der Waals surface area contributed by atoms with Gasteiger partial charge in [-0.25, -0.2) is 0 Å². The topological polar surface area (TPSA) is 50.4 Å². The van der Waals surface area contributed by atoms with Crippen molar-refractivity contribution >= 4 is 11.6 Å². The molecule has 0 aromatic heterocycles. The molecule has 3 rings (SSSR count). The van der Waals surface area contributed by atoms with Gasteiger partial charge in [0.2, 0.25) is 5.91 Å². The van der Waals surface area contributed by atoms with Crippen molar-refractivity contribution in [3.63, 3.8) is 0 Å². The second kappa shape index (κ2) is 7.09. The van der Waals surface area contributed by atoms with E-state index < -0.39 is 0 Å². The summed E-state index contributed by atoms with van der Waals surface area (Å²) in [5.41, 5.74) is 1.94. The first-order chi connectivity index (χ1) is 10.8. The Labute approximate surface area is 130 Å². The molecule has 1 atom stereocenters. The summed E-state index contributed by atoms with van der Waals surface area (Å²) in [7, 11) is 0. The summed E-state index contributed by atoms with van der Waals surface area (Å²) < 4.78 is 5.73. The molecular weight excluding hydrogens is 276 g/mol. The second-order valence-corrected chi connectivity index (χ2v) is 5.48. The van der Waals surface area contributed by atoms with Gasteiger partial charge in [0.15, 0.2) is 0 Å². The van der Waals surface area contributed by atoms with Crippen LogP contribution >= 0.6 is 0 Å². The van der Waals surface area contributed by atoms with E-state index in [1.807, 2.05) is 54.6 Å². The molecule has 2 aromatic carbocycles. The molecule has 1 saturated heterocycles. The van der Waals surface area contributed by atoms with Crippen molar-refractivity contribution < 1.29 is 9.53 Å². The van der Waals surface area contributed by atoms with Gasteiger partial charge in [-0.2, -0.15) is 0 Å². The summed E-state index contributed by atoms with van der Waals surface area (Å²) in [5.74, 6) is 0.960. The monoisotopic (exact) mass is 296 g/mol. The quantitative estimate of drug-likeness (QED) is 0.892. The fraction of sp³-hybridized carbons (Fsp3) is 0.278. The summed E-state index contributed by atoms with van der Waals surface area (Å²) >= 11 is 0. The molecule has 22 heavy (non-hydrogen) atoms. The maximum atomic E-state index is 12.0. The lowest BCUT2D eigenvalue weighted by atomic mass is 10.1. The average Bonchev–Trinajstić information content (AvgIpc) is 3.10. The van der Waals surface area contributed by atoms with Crippen LogP contribution in [0.5, 0.6) is 5.75 Å². The number of nitrogens with one attached hydrogen (secondary N) is 2. The first kappa shape index (κ1) is 14.6. The van der Waals surface area contributed by atoms with Gasteiger partial charge in [0, 0.05) is 12.2 Å². The highest BCUT2D eigenvalue weighted by Crippen LogP contribution is 2.18. The first-order valence-electron chi connectivity index (χ1n) is 7.59. The molecule has 0 bridgehead atoms. The van der Waals surface area contributed by atoms with Crippen molar-refractivity contribution in [1.82, 2.24) is 5.32 Å². The fourth-order valence-electron chi connectivity index (χ4n) is 2.50. The van der Waals surface area contributed by atoms with Crippen LogP contribution < -0.4 is 15.4 Å². The molecule has 0 unspecified atom stereocenters. The van der Waals surface area contributed by atoms with E-state index in [4.69, 9.17) is 4.74 Å². The predicted octanol–water partition coefficient (Wildman–Crippen LogP) is 2.81. The van der Waals surface area contributed by atoms with Crippen LogP contribution in [0.4, 0.5) is 5.69 Å². The van der Waals surface area contributed by atoms with E-state index in [1.165, 1.54) is 0 Å². The Bertz CT molecular complexity index is 605. The van der Waals surface area contributed by atoms with Crippen molar-refractivity contribution in [3.05, 3.63) is 60.2 Å². The lowest BCUT2D eigenvalue weighted by Gasteiger charge is -2.11. The van der Waals surface area contributed by atoms with Crippen LogP contribution in [-0.4, -0.2) is 19.0 Å². The molecule has 0 aliphatic carbocycles. The Morgan fingerprint density at radius 3 is 2.59 bits per heavy atom. The van der Waals surface area contributed by atoms with Gasteiger partial charge >= 0.3 is 0 Å². The lowest BCUT2D eigenvalue weighted by Crippen LogP contribution is -2.24. The largest absolute Gasteiger partial charge is 0.489 e. The van der Waals surface area contributed by atoms with E-state index in [1.54, 1.807) is 0 Å². The molecule has 4 nitrogen and oxygen atoms in total. The number of benzene rings is 2. The summed E-state index contributed by atoms with van der Waals surface area (Å²) in [5, 5.41) is 6.15. The Morgan fingerprint density at radius 1 is 1.14 bits per heavy atom. The molecular formula is C18H20N2O2. The van der Waals surface area contributed by atoms with Crippen molar-refractivity contribution in [1.29, 1.82) is 0 Å². The SMILES string of the molecule is O=C(Nc1ccc(OCc2ccccc2)cc1)[C@@H]1CCNC1. The Balaban J connectivity index is 1.52. The summed E-state index contributed by atoms with van der Waals surface area (Å²) in [6, 6.07) is 17.6. The Hall–Kier alpha value is -2.33. The highest BCUT2D eigenvalue weighted by Gasteiger charge is 2.22. The number of carbonyl (C=O) groups excluding carboxylic acids is 1. The second-order valence-electron chi connectivity index (χ2n) is 5.48. The van der Waals surface area contributed by atoms with Gasteiger partial charge in [0.25, 0.3) is 0 Å². The van der Waals surface area contributed by atoms with Gasteiger partial charge in [-0.05, 0) is 42.8 Å². The summed E-state index contributed by atoms with van der Waals surface area (Å²) in [6.45, 7) is 2.23. The maximum Gasteiger partial charge on any atom is 0.228 e. The average molecular weight is 296 g/mol. The number of carbonyl (C=O) groups is 1. The minimum Gasteiger partial charge on any atom is -0.489 e. The van der Waals surface area contributed by atoms with Crippen molar-refractivity contribution in [2.24, 2.45) is 5.92 Å². The van der Waals surface area contributed by atoms with Gasteiger partial charge in [0.05, 0.1) is 5.92 Å². The van der Waals surface area contributed by atoms with E-state index in [-0.39, 0.29) is 11.8 Å². The number of anilines is 1. The standard InChI is InChI=1S/C18H20N2O2/c21-18(15-10-11-19-12-15)20-16-6-8-17(9-7-16)22-13-14-4-2-1-3-5-14/h1-9,15,19H,10-13H2,(H,20,21)/t15-/m1/s1. The fourth-order valence-corrected chi connectivity index (χ4v) is 2.50. The first-order valence-corrected chi connectivity index (χ1v) is 7.59. The zero-order valence-electron chi connectivity index (χ0n) is 12.4. The summed E-state index contributed by atoms with van der Waals surface area (Å²) in [4.78, 5) is 12.0. The minimum absolute atomic E-state index is 0.0778. The van der Waals surface area contributed by atoms with E-state index in [2.05, 4.69) is 10.6 Å². The lowest BCUT2D eigenvalue weighted by molar-refractivity contribution is -0.119. The van der Waals surface area contributed by atoms with E-state index in [9.17, 15) is 4.79 Å². The maximum absolute atomic E-state index is 12.0. The smallest absolute Gasteiger partial charge is 0.228 e.